The number of carbonyl (C=O) groups excluding carboxylic acids is 4. The molecule has 296 valence electrons. The zero-order valence-electron chi connectivity index (χ0n) is 30.5. The van der Waals surface area contributed by atoms with E-state index in [0.29, 0.717) is 44.9 Å². The largest absolute Gasteiger partial charge is 0.487 e. The SMILES string of the molecule is Cn1c(=O)n(C2CCC(=O)NC2=O)c2ccc(C3CCN(CC(=O)Nc4ccc5c(F)c(N6CC(=O)NS6(=O)=O)c(OCc6ccccc6)cc5c4)CC3F)cc21. The maximum atomic E-state index is 16.2. The third-order valence-electron chi connectivity index (χ3n) is 10.7. The number of imidazole rings is 1. The zero-order valence-corrected chi connectivity index (χ0v) is 31.4. The highest BCUT2D eigenvalue weighted by Gasteiger charge is 2.39. The number of aryl methyl sites for hydroxylation is 1. The van der Waals surface area contributed by atoms with Crippen molar-refractivity contribution in [1.82, 2.24) is 24.1 Å². The van der Waals surface area contributed by atoms with Crippen molar-refractivity contribution in [2.24, 2.45) is 7.05 Å². The number of imide groups is 1. The van der Waals surface area contributed by atoms with Crippen LogP contribution in [0.1, 0.15) is 42.3 Å². The third kappa shape index (κ3) is 7.21. The molecule has 4 aromatic carbocycles. The lowest BCUT2D eigenvalue weighted by Crippen LogP contribution is -2.44. The fourth-order valence-electron chi connectivity index (χ4n) is 7.86. The smallest absolute Gasteiger partial charge is 0.329 e. The van der Waals surface area contributed by atoms with E-state index in [1.54, 1.807) is 54.4 Å². The molecule has 1 aromatic heterocycles. The molecule has 0 saturated carbocycles. The molecule has 3 aliphatic rings. The molecule has 5 aromatic rings. The van der Waals surface area contributed by atoms with Crippen molar-refractivity contribution < 1.29 is 41.1 Å². The number of nitrogens with one attached hydrogen (secondary N) is 3. The van der Waals surface area contributed by atoms with Crippen molar-refractivity contribution >= 4 is 67.0 Å². The number of ether oxygens (including phenoxy) is 1. The van der Waals surface area contributed by atoms with Gasteiger partial charge in [-0.2, -0.15) is 8.42 Å². The maximum absolute atomic E-state index is 16.2. The van der Waals surface area contributed by atoms with E-state index in [4.69, 9.17) is 4.74 Å². The van der Waals surface area contributed by atoms with Crippen molar-refractivity contribution in [2.75, 3.05) is 35.8 Å². The normalized spacial score (nSPS) is 21.1. The Hall–Kier alpha value is -6.14. The average molecular weight is 802 g/mol. The van der Waals surface area contributed by atoms with Crippen LogP contribution in [0.15, 0.2) is 77.6 Å². The van der Waals surface area contributed by atoms with Gasteiger partial charge in [-0.1, -0.05) is 36.4 Å². The number of likely N-dealkylation sites (tertiary alicyclic amines) is 1. The molecule has 4 heterocycles. The van der Waals surface area contributed by atoms with Crippen LogP contribution in [0.25, 0.3) is 21.8 Å². The van der Waals surface area contributed by atoms with Crippen LogP contribution in [-0.2, 0) is 43.0 Å². The summed E-state index contributed by atoms with van der Waals surface area (Å²) in [6, 6.07) is 19.1. The Morgan fingerprint density at radius 3 is 2.47 bits per heavy atom. The van der Waals surface area contributed by atoms with Gasteiger partial charge in [-0.3, -0.25) is 38.5 Å². The lowest BCUT2D eigenvalue weighted by atomic mass is 9.87. The first kappa shape index (κ1) is 37.8. The van der Waals surface area contributed by atoms with Gasteiger partial charge >= 0.3 is 15.9 Å². The number of carbonyl (C=O) groups is 4. The number of hydrogen-bond donors (Lipinski definition) is 3. The molecule has 4 amide bonds. The second-order valence-corrected chi connectivity index (χ2v) is 16.0. The topological polar surface area (TPSA) is 181 Å². The van der Waals surface area contributed by atoms with Gasteiger partial charge in [0.15, 0.2) is 5.82 Å². The lowest BCUT2D eigenvalue weighted by molar-refractivity contribution is -0.135. The van der Waals surface area contributed by atoms with Crippen molar-refractivity contribution in [2.45, 2.75) is 44.0 Å². The minimum absolute atomic E-state index is 0.0247. The molecule has 57 heavy (non-hydrogen) atoms. The molecule has 3 atom stereocenters. The second-order valence-electron chi connectivity index (χ2n) is 14.4. The van der Waals surface area contributed by atoms with Crippen LogP contribution in [0, 0.1) is 5.82 Å². The van der Waals surface area contributed by atoms with Crippen LogP contribution < -0.4 is 30.1 Å². The molecule has 3 unspecified atom stereocenters. The van der Waals surface area contributed by atoms with Crippen LogP contribution in [0.3, 0.4) is 0 Å². The fraction of sp³-hybridized carbons (Fsp3) is 0.308. The third-order valence-corrected chi connectivity index (χ3v) is 12.0. The summed E-state index contributed by atoms with van der Waals surface area (Å²) >= 11 is 0. The minimum atomic E-state index is -4.37. The number of piperidine rings is 2. The van der Waals surface area contributed by atoms with Gasteiger partial charge in [0.2, 0.25) is 17.7 Å². The van der Waals surface area contributed by atoms with Gasteiger partial charge in [-0.25, -0.2) is 22.6 Å². The van der Waals surface area contributed by atoms with E-state index in [2.05, 4.69) is 10.6 Å². The van der Waals surface area contributed by atoms with Crippen LogP contribution in [-0.4, -0.2) is 78.4 Å². The van der Waals surface area contributed by atoms with E-state index >= 15 is 8.78 Å². The predicted molar refractivity (Wildman–Crippen MR) is 205 cm³/mol. The van der Waals surface area contributed by atoms with Crippen molar-refractivity contribution in [3.8, 4) is 5.75 Å². The molecule has 0 spiro atoms. The number of hydrogen-bond acceptors (Lipinski definition) is 9. The molecular formula is C39H37F2N7O8S. The van der Waals surface area contributed by atoms with E-state index in [9.17, 15) is 32.4 Å². The quantitative estimate of drug-likeness (QED) is 0.189. The number of alkyl halides is 1. The first-order chi connectivity index (χ1) is 27.3. The molecule has 0 aliphatic carbocycles. The Balaban J connectivity index is 0.962. The standard InChI is InChI=1S/C39H37F2N7O8S/c1-45-31-16-23(7-10-29(31)48(39(45)53)30-11-12-33(49)43-38(30)52)26-13-14-46(18-28(26)40)19-34(50)42-25-8-9-27-24(15-25)17-32(56-21-22-5-3-2-4-6-22)37(36(27)41)47-20-35(51)44-57(47,54)55/h2-10,15-17,26,28,30H,11-14,18-21H2,1H3,(H,42,50)(H,44,51)(H,43,49,52). The molecular weight excluding hydrogens is 765 g/mol. The summed E-state index contributed by atoms with van der Waals surface area (Å²) in [6.07, 6.45) is -0.636. The van der Waals surface area contributed by atoms with E-state index in [-0.39, 0.29) is 49.6 Å². The molecule has 3 aliphatic heterocycles. The Kier molecular flexibility index (Phi) is 9.77. The molecule has 3 fully saturated rings. The van der Waals surface area contributed by atoms with Crippen molar-refractivity contribution in [3.05, 3.63) is 100 Å². The summed E-state index contributed by atoms with van der Waals surface area (Å²) in [4.78, 5) is 64.4. The monoisotopic (exact) mass is 801 g/mol. The summed E-state index contributed by atoms with van der Waals surface area (Å²) in [5.41, 5.74) is 1.93. The van der Waals surface area contributed by atoms with Gasteiger partial charge in [0.05, 0.1) is 17.6 Å². The van der Waals surface area contributed by atoms with Gasteiger partial charge in [0, 0.05) is 37.0 Å². The Labute approximate surface area is 324 Å². The van der Waals surface area contributed by atoms with Crippen molar-refractivity contribution in [3.63, 3.8) is 0 Å². The first-order valence-electron chi connectivity index (χ1n) is 18.2. The molecule has 18 heteroatoms. The summed E-state index contributed by atoms with van der Waals surface area (Å²) in [7, 11) is -2.80. The highest BCUT2D eigenvalue weighted by molar-refractivity contribution is 7.92. The zero-order chi connectivity index (χ0) is 40.2. The molecule has 15 nitrogen and oxygen atoms in total. The average Bonchev–Trinajstić information content (AvgIpc) is 3.58. The van der Waals surface area contributed by atoms with Gasteiger partial charge < -0.3 is 10.1 Å². The molecule has 8 rings (SSSR count). The number of rotatable bonds is 9. The highest BCUT2D eigenvalue weighted by Crippen LogP contribution is 2.40. The summed E-state index contributed by atoms with van der Waals surface area (Å²) in [5.74, 6) is -3.75. The summed E-state index contributed by atoms with van der Waals surface area (Å²) in [5, 5.41) is 5.39. The van der Waals surface area contributed by atoms with E-state index < -0.39 is 69.8 Å². The number of halogens is 2. The Morgan fingerprint density at radius 1 is 0.965 bits per heavy atom. The molecule has 3 N–H and O–H groups in total. The van der Waals surface area contributed by atoms with Gasteiger partial charge in [0.1, 0.15) is 36.8 Å². The summed E-state index contributed by atoms with van der Waals surface area (Å²) < 4.78 is 68.7. The molecule has 3 saturated heterocycles. The number of benzene rings is 4. The van der Waals surface area contributed by atoms with Gasteiger partial charge in [-0.05, 0) is 72.3 Å². The first-order valence-corrected chi connectivity index (χ1v) is 19.7. The minimum Gasteiger partial charge on any atom is -0.487 e. The van der Waals surface area contributed by atoms with E-state index in [1.165, 1.54) is 33.4 Å². The maximum Gasteiger partial charge on any atom is 0.329 e. The number of amides is 4. The van der Waals surface area contributed by atoms with Crippen LogP contribution in [0.2, 0.25) is 0 Å². The lowest BCUT2D eigenvalue weighted by Gasteiger charge is -2.34. The molecule has 0 bridgehead atoms. The van der Waals surface area contributed by atoms with E-state index in [1.807, 2.05) is 10.8 Å². The number of anilines is 2. The van der Waals surface area contributed by atoms with Gasteiger partial charge in [0.25, 0.3) is 5.91 Å². The number of fused-ring (bicyclic) bond motifs is 2. The number of aromatic nitrogens is 2. The molecule has 0 radical (unpaired) electrons. The Morgan fingerprint density at radius 2 is 1.75 bits per heavy atom. The highest BCUT2D eigenvalue weighted by atomic mass is 32.2. The van der Waals surface area contributed by atoms with Crippen molar-refractivity contribution in [1.29, 1.82) is 0 Å². The van der Waals surface area contributed by atoms with Crippen LogP contribution in [0.4, 0.5) is 20.2 Å². The van der Waals surface area contributed by atoms with E-state index in [0.717, 1.165) is 5.56 Å². The van der Waals surface area contributed by atoms with Crippen LogP contribution in [0.5, 0.6) is 5.75 Å². The predicted octanol–water partition coefficient (Wildman–Crippen LogP) is 3.14. The second kappa shape index (κ2) is 14.7. The Bertz CT molecular complexity index is 2650. The number of nitrogens with zero attached hydrogens (tertiary/aromatic N) is 4. The van der Waals surface area contributed by atoms with Crippen LogP contribution >= 0.6 is 0 Å². The summed E-state index contributed by atoms with van der Waals surface area (Å²) in [6.45, 7) is -0.411. The fourth-order valence-corrected chi connectivity index (χ4v) is 9.02. The van der Waals surface area contributed by atoms with Gasteiger partial charge in [-0.15, -0.1) is 0 Å².